The second-order valence-electron chi connectivity index (χ2n) is 3.19. The summed E-state index contributed by atoms with van der Waals surface area (Å²) < 4.78 is 5.05. The van der Waals surface area contributed by atoms with Crippen molar-refractivity contribution >= 4 is 17.5 Å². The molecule has 0 aliphatic carbocycles. The number of rotatable bonds is 2. The van der Waals surface area contributed by atoms with E-state index in [9.17, 15) is 4.79 Å². The first kappa shape index (κ1) is 9.49. The number of nitrogens with one attached hydrogen (secondary N) is 1. The van der Waals surface area contributed by atoms with Crippen LogP contribution in [0.2, 0.25) is 5.02 Å². The van der Waals surface area contributed by atoms with E-state index in [1.165, 1.54) is 7.11 Å². The number of β-lactam (4-membered cyclic amide) rings is 1. The maximum Gasteiger partial charge on any atom is 0.252 e. The Kier molecular flexibility index (Phi) is 2.44. The second-order valence-corrected chi connectivity index (χ2v) is 3.63. The largest absolute Gasteiger partial charge is 0.369 e. The van der Waals surface area contributed by atoms with E-state index in [0.29, 0.717) is 5.02 Å². The fourth-order valence-electron chi connectivity index (χ4n) is 1.54. The highest BCUT2D eigenvalue weighted by atomic mass is 35.5. The molecular formula is C10H10ClNO2. The van der Waals surface area contributed by atoms with Crippen LogP contribution in [0.15, 0.2) is 24.3 Å². The first-order valence-electron chi connectivity index (χ1n) is 4.31. The summed E-state index contributed by atoms with van der Waals surface area (Å²) in [6.07, 6.45) is -0.365. The highest BCUT2D eigenvalue weighted by molar-refractivity contribution is 6.30. The van der Waals surface area contributed by atoms with E-state index in [-0.39, 0.29) is 18.1 Å². The predicted molar refractivity (Wildman–Crippen MR) is 53.1 cm³/mol. The SMILES string of the molecule is CO[C@@H]1C(=O)N[C@@H]1c1ccc(Cl)cc1. The third-order valence-electron chi connectivity index (χ3n) is 2.34. The molecule has 1 aromatic carbocycles. The minimum atomic E-state index is -0.365. The Morgan fingerprint density at radius 2 is 2.00 bits per heavy atom. The summed E-state index contributed by atoms with van der Waals surface area (Å²) in [6.45, 7) is 0. The molecule has 1 aliphatic rings. The van der Waals surface area contributed by atoms with E-state index in [4.69, 9.17) is 16.3 Å². The lowest BCUT2D eigenvalue weighted by Gasteiger charge is -2.35. The van der Waals surface area contributed by atoms with Crippen LogP contribution in [0.1, 0.15) is 11.6 Å². The van der Waals surface area contributed by atoms with Gasteiger partial charge in [-0.25, -0.2) is 0 Å². The zero-order chi connectivity index (χ0) is 10.1. The number of hydrogen-bond donors (Lipinski definition) is 1. The lowest BCUT2D eigenvalue weighted by molar-refractivity contribution is -0.145. The van der Waals surface area contributed by atoms with Crippen LogP contribution in [0.3, 0.4) is 0 Å². The van der Waals surface area contributed by atoms with Gasteiger partial charge < -0.3 is 10.1 Å². The smallest absolute Gasteiger partial charge is 0.252 e. The van der Waals surface area contributed by atoms with Gasteiger partial charge in [-0.1, -0.05) is 23.7 Å². The van der Waals surface area contributed by atoms with Gasteiger partial charge in [0.2, 0.25) is 0 Å². The molecule has 0 spiro atoms. The molecule has 1 saturated heterocycles. The fourth-order valence-corrected chi connectivity index (χ4v) is 1.66. The first-order chi connectivity index (χ1) is 6.72. The van der Waals surface area contributed by atoms with Crippen LogP contribution in [0, 0.1) is 0 Å². The molecule has 1 aromatic rings. The van der Waals surface area contributed by atoms with Crippen molar-refractivity contribution in [1.82, 2.24) is 5.32 Å². The molecule has 1 fully saturated rings. The van der Waals surface area contributed by atoms with Gasteiger partial charge in [0.25, 0.3) is 5.91 Å². The topological polar surface area (TPSA) is 38.3 Å². The number of methoxy groups -OCH3 is 1. The number of amides is 1. The van der Waals surface area contributed by atoms with Crippen LogP contribution in [-0.2, 0) is 9.53 Å². The summed E-state index contributed by atoms with van der Waals surface area (Å²) in [7, 11) is 1.53. The van der Waals surface area contributed by atoms with Gasteiger partial charge in [0.1, 0.15) is 0 Å². The molecule has 0 bridgehead atoms. The van der Waals surface area contributed by atoms with Crippen molar-refractivity contribution in [3.63, 3.8) is 0 Å². The molecular weight excluding hydrogens is 202 g/mol. The average Bonchev–Trinajstić information content (AvgIpc) is 2.16. The number of carbonyl (C=O) groups excluding carboxylic acids is 1. The highest BCUT2D eigenvalue weighted by Gasteiger charge is 2.40. The van der Waals surface area contributed by atoms with Gasteiger partial charge in [-0.3, -0.25) is 4.79 Å². The summed E-state index contributed by atoms with van der Waals surface area (Å²) in [6, 6.07) is 7.34. The van der Waals surface area contributed by atoms with Gasteiger partial charge in [-0.2, -0.15) is 0 Å². The summed E-state index contributed by atoms with van der Waals surface area (Å²) >= 11 is 5.76. The highest BCUT2D eigenvalue weighted by Crippen LogP contribution is 2.27. The number of benzene rings is 1. The molecule has 1 heterocycles. The van der Waals surface area contributed by atoms with Crippen molar-refractivity contribution in [2.45, 2.75) is 12.1 Å². The summed E-state index contributed by atoms with van der Waals surface area (Å²) in [4.78, 5) is 11.1. The summed E-state index contributed by atoms with van der Waals surface area (Å²) in [5.41, 5.74) is 1.01. The Hall–Kier alpha value is -1.06. The van der Waals surface area contributed by atoms with E-state index >= 15 is 0 Å². The van der Waals surface area contributed by atoms with Gasteiger partial charge in [-0.05, 0) is 17.7 Å². The first-order valence-corrected chi connectivity index (χ1v) is 4.69. The predicted octanol–water partition coefficient (Wildman–Crippen LogP) is 1.53. The molecule has 1 aliphatic heterocycles. The van der Waals surface area contributed by atoms with Crippen molar-refractivity contribution in [1.29, 1.82) is 0 Å². The van der Waals surface area contributed by atoms with Crippen molar-refractivity contribution in [2.24, 2.45) is 0 Å². The molecule has 1 N–H and O–H groups in total. The maximum absolute atomic E-state index is 11.1. The van der Waals surface area contributed by atoms with Gasteiger partial charge in [0, 0.05) is 12.1 Å². The van der Waals surface area contributed by atoms with E-state index < -0.39 is 0 Å². The molecule has 74 valence electrons. The zero-order valence-electron chi connectivity index (χ0n) is 7.66. The van der Waals surface area contributed by atoms with Gasteiger partial charge in [-0.15, -0.1) is 0 Å². The third kappa shape index (κ3) is 1.49. The average molecular weight is 212 g/mol. The van der Waals surface area contributed by atoms with Crippen LogP contribution in [0.4, 0.5) is 0 Å². The second kappa shape index (κ2) is 3.59. The lowest BCUT2D eigenvalue weighted by Crippen LogP contribution is -2.56. The number of ether oxygens (including phenoxy) is 1. The molecule has 3 nitrogen and oxygen atoms in total. The van der Waals surface area contributed by atoms with Crippen LogP contribution in [-0.4, -0.2) is 19.1 Å². The maximum atomic E-state index is 11.1. The van der Waals surface area contributed by atoms with E-state index in [0.717, 1.165) is 5.56 Å². The van der Waals surface area contributed by atoms with Crippen LogP contribution in [0.5, 0.6) is 0 Å². The van der Waals surface area contributed by atoms with Crippen molar-refractivity contribution in [3.05, 3.63) is 34.9 Å². The standard InChI is InChI=1S/C10H10ClNO2/c1-14-9-8(12-10(9)13)6-2-4-7(11)5-3-6/h2-5,8-9H,1H3,(H,12,13)/t8-,9+/m1/s1. The molecule has 0 aromatic heterocycles. The Bertz CT molecular complexity index is 350. The minimum absolute atomic E-state index is 0.0373. The molecule has 14 heavy (non-hydrogen) atoms. The lowest BCUT2D eigenvalue weighted by atomic mass is 9.94. The summed E-state index contributed by atoms with van der Waals surface area (Å²) in [5, 5.41) is 3.46. The monoisotopic (exact) mass is 211 g/mol. The molecule has 0 unspecified atom stereocenters. The Labute approximate surface area is 87.0 Å². The van der Waals surface area contributed by atoms with E-state index in [2.05, 4.69) is 5.32 Å². The fraction of sp³-hybridized carbons (Fsp3) is 0.300. The van der Waals surface area contributed by atoms with E-state index in [1.807, 2.05) is 12.1 Å². The number of hydrogen-bond acceptors (Lipinski definition) is 2. The van der Waals surface area contributed by atoms with Gasteiger partial charge >= 0.3 is 0 Å². The van der Waals surface area contributed by atoms with Crippen molar-refractivity contribution in [3.8, 4) is 0 Å². The van der Waals surface area contributed by atoms with Crippen molar-refractivity contribution in [2.75, 3.05) is 7.11 Å². The van der Waals surface area contributed by atoms with Crippen LogP contribution < -0.4 is 5.32 Å². The van der Waals surface area contributed by atoms with E-state index in [1.54, 1.807) is 12.1 Å². The number of carbonyl (C=O) groups is 1. The minimum Gasteiger partial charge on any atom is -0.369 e. The quantitative estimate of drug-likeness (QED) is 0.754. The normalized spacial score (nSPS) is 25.4. The van der Waals surface area contributed by atoms with Crippen LogP contribution >= 0.6 is 11.6 Å². The third-order valence-corrected chi connectivity index (χ3v) is 2.59. The molecule has 1 amide bonds. The molecule has 4 heteroatoms. The van der Waals surface area contributed by atoms with Crippen LogP contribution in [0.25, 0.3) is 0 Å². The van der Waals surface area contributed by atoms with Gasteiger partial charge in [0.05, 0.1) is 6.04 Å². The molecule has 2 rings (SSSR count). The summed E-state index contributed by atoms with van der Waals surface area (Å²) in [5.74, 6) is -0.0625. The molecule has 2 atom stereocenters. The Morgan fingerprint density at radius 3 is 2.50 bits per heavy atom. The van der Waals surface area contributed by atoms with Gasteiger partial charge in [0.15, 0.2) is 6.10 Å². The number of halogens is 1. The Morgan fingerprint density at radius 1 is 1.36 bits per heavy atom. The Balaban J connectivity index is 2.17. The zero-order valence-corrected chi connectivity index (χ0v) is 8.41. The van der Waals surface area contributed by atoms with Crippen molar-refractivity contribution < 1.29 is 9.53 Å². The molecule has 0 saturated carbocycles. The molecule has 0 radical (unpaired) electrons.